The highest BCUT2D eigenvalue weighted by molar-refractivity contribution is 6.30. The number of halogens is 1. The van der Waals surface area contributed by atoms with Gasteiger partial charge in [0.05, 0.1) is 12.2 Å². The van der Waals surface area contributed by atoms with Gasteiger partial charge in [0.25, 0.3) is 5.91 Å². The highest BCUT2D eigenvalue weighted by Crippen LogP contribution is 2.40. The van der Waals surface area contributed by atoms with Crippen molar-refractivity contribution in [2.75, 3.05) is 6.54 Å². The van der Waals surface area contributed by atoms with Gasteiger partial charge in [-0.1, -0.05) is 53.6 Å². The van der Waals surface area contributed by atoms with E-state index in [2.05, 4.69) is 11.2 Å². The van der Waals surface area contributed by atoms with Crippen LogP contribution in [0.5, 0.6) is 5.75 Å². The minimum Gasteiger partial charge on any atom is -0.502 e. The Labute approximate surface area is 185 Å². The topological polar surface area (TPSA) is 75.4 Å². The first kappa shape index (κ1) is 21.1. The smallest absolute Gasteiger partial charge is 0.276 e. The Bertz CT molecular complexity index is 1160. The minimum absolute atomic E-state index is 0.0721. The molecule has 2 unspecified atom stereocenters. The van der Waals surface area contributed by atoms with Gasteiger partial charge >= 0.3 is 0 Å². The highest BCUT2D eigenvalue weighted by Gasteiger charge is 2.40. The zero-order valence-electron chi connectivity index (χ0n) is 17.6. The number of amides is 1. The Morgan fingerprint density at radius 3 is 2.42 bits per heavy atom. The number of rotatable bonds is 4. The fourth-order valence-electron chi connectivity index (χ4n) is 4.30. The van der Waals surface area contributed by atoms with Gasteiger partial charge in [-0.3, -0.25) is 14.3 Å². The molecule has 160 valence electrons. The number of aromatic nitrogens is 2. The van der Waals surface area contributed by atoms with Gasteiger partial charge in [0.1, 0.15) is 0 Å². The van der Waals surface area contributed by atoms with Crippen molar-refractivity contribution in [3.63, 3.8) is 0 Å². The third-order valence-corrected chi connectivity index (χ3v) is 6.00. The molecule has 31 heavy (non-hydrogen) atoms. The van der Waals surface area contributed by atoms with Crippen molar-refractivity contribution in [1.82, 2.24) is 14.7 Å². The Morgan fingerprint density at radius 2 is 1.77 bits per heavy atom. The summed E-state index contributed by atoms with van der Waals surface area (Å²) in [6.07, 6.45) is 1.06. The molecule has 0 bridgehead atoms. The molecule has 4 rings (SSSR count). The van der Waals surface area contributed by atoms with Gasteiger partial charge in [0.15, 0.2) is 11.4 Å². The summed E-state index contributed by atoms with van der Waals surface area (Å²) in [4.78, 5) is 26.9. The number of hydrogen-bond acceptors (Lipinski definition) is 4. The first-order valence-corrected chi connectivity index (χ1v) is 10.6. The second kappa shape index (κ2) is 8.19. The van der Waals surface area contributed by atoms with E-state index in [0.717, 1.165) is 22.9 Å². The predicted molar refractivity (Wildman–Crippen MR) is 120 cm³/mol. The molecule has 6 nitrogen and oxygen atoms in total. The quantitative estimate of drug-likeness (QED) is 0.665. The lowest BCUT2D eigenvalue weighted by Crippen LogP contribution is -2.49. The van der Waals surface area contributed by atoms with Gasteiger partial charge in [0, 0.05) is 23.5 Å². The first-order valence-electron chi connectivity index (χ1n) is 10.2. The molecule has 2 aromatic carbocycles. The third-order valence-electron chi connectivity index (χ3n) is 5.76. The lowest BCUT2D eigenvalue weighted by molar-refractivity contribution is 0.0570. The lowest BCUT2D eigenvalue weighted by atomic mass is 9.83. The molecular weight excluding hydrogens is 414 g/mol. The van der Waals surface area contributed by atoms with E-state index in [4.69, 9.17) is 11.6 Å². The van der Waals surface area contributed by atoms with Crippen molar-refractivity contribution >= 4 is 17.5 Å². The number of aromatic hydroxyl groups is 1. The molecule has 3 aromatic rings. The predicted octanol–water partition coefficient (Wildman–Crippen LogP) is 4.15. The molecular formula is C24H24ClN3O3. The summed E-state index contributed by atoms with van der Waals surface area (Å²) in [5, 5.41) is 15.4. The number of hydrogen-bond donors (Lipinski definition) is 1. The maximum atomic E-state index is 13.1. The summed E-state index contributed by atoms with van der Waals surface area (Å²) in [7, 11) is 0. The number of fused-ring (bicyclic) bond motifs is 1. The van der Waals surface area contributed by atoms with Crippen molar-refractivity contribution in [3.8, 4) is 5.75 Å². The molecule has 0 fully saturated rings. The minimum atomic E-state index is -0.668. The zero-order chi connectivity index (χ0) is 22.3. The van der Waals surface area contributed by atoms with Gasteiger partial charge in [-0.25, -0.2) is 0 Å². The molecule has 1 aliphatic rings. The average molecular weight is 438 g/mol. The van der Waals surface area contributed by atoms with Crippen LogP contribution < -0.4 is 5.43 Å². The molecule has 1 aromatic heterocycles. The fraction of sp³-hybridized carbons (Fsp3) is 0.292. The lowest BCUT2D eigenvalue weighted by Gasteiger charge is -2.41. The van der Waals surface area contributed by atoms with Crippen LogP contribution >= 0.6 is 11.6 Å². The average Bonchev–Trinajstić information content (AvgIpc) is 2.72. The van der Waals surface area contributed by atoms with Crippen LogP contribution in [0.15, 0.2) is 59.5 Å². The molecule has 1 N–H and O–H groups in total. The van der Waals surface area contributed by atoms with Gasteiger partial charge < -0.3 is 10.0 Å². The molecule has 7 heteroatoms. The SMILES string of the molecule is Cc1cccc(C(c2cccc(Cl)c2)C2CN(C(C)C)C(=O)c3c(O)c(=O)cnn32)c1. The van der Waals surface area contributed by atoms with E-state index in [9.17, 15) is 14.7 Å². The molecule has 0 saturated carbocycles. The van der Waals surface area contributed by atoms with Gasteiger partial charge in [0.2, 0.25) is 5.43 Å². The van der Waals surface area contributed by atoms with Crippen LogP contribution in [0.3, 0.4) is 0 Å². The third kappa shape index (κ3) is 3.83. The Morgan fingerprint density at radius 1 is 1.10 bits per heavy atom. The number of nitrogens with zero attached hydrogens (tertiary/aromatic N) is 3. The Hall–Kier alpha value is -3.12. The van der Waals surface area contributed by atoms with Crippen LogP contribution in [-0.4, -0.2) is 38.3 Å². The fourth-order valence-corrected chi connectivity index (χ4v) is 4.50. The first-order chi connectivity index (χ1) is 14.8. The maximum Gasteiger partial charge on any atom is 0.276 e. The van der Waals surface area contributed by atoms with E-state index < -0.39 is 17.1 Å². The molecule has 0 aliphatic carbocycles. The molecule has 2 heterocycles. The normalized spacial score (nSPS) is 17.0. The maximum absolute atomic E-state index is 13.1. The summed E-state index contributed by atoms with van der Waals surface area (Å²) in [5.74, 6) is -1.17. The van der Waals surface area contributed by atoms with E-state index in [-0.39, 0.29) is 23.7 Å². The molecule has 0 radical (unpaired) electrons. The van der Waals surface area contributed by atoms with Crippen molar-refractivity contribution in [2.24, 2.45) is 0 Å². The van der Waals surface area contributed by atoms with Gasteiger partial charge in [-0.05, 0) is 44.0 Å². The number of aryl methyl sites for hydroxylation is 1. The highest BCUT2D eigenvalue weighted by atomic mass is 35.5. The number of carbonyl (C=O) groups excluding carboxylic acids is 1. The van der Waals surface area contributed by atoms with Gasteiger partial charge in [-0.15, -0.1) is 0 Å². The largest absolute Gasteiger partial charge is 0.502 e. The molecule has 2 atom stereocenters. The van der Waals surface area contributed by atoms with Crippen LogP contribution in [0.1, 0.15) is 53.0 Å². The van der Waals surface area contributed by atoms with Crippen molar-refractivity contribution in [3.05, 3.63) is 92.4 Å². The van der Waals surface area contributed by atoms with Gasteiger partial charge in [-0.2, -0.15) is 5.10 Å². The molecule has 0 spiro atoms. The van der Waals surface area contributed by atoms with Crippen molar-refractivity contribution in [1.29, 1.82) is 0 Å². The van der Waals surface area contributed by atoms with E-state index in [1.165, 1.54) is 4.68 Å². The Balaban J connectivity index is 1.98. The van der Waals surface area contributed by atoms with E-state index >= 15 is 0 Å². The molecule has 1 aliphatic heterocycles. The monoisotopic (exact) mass is 437 g/mol. The molecule has 1 amide bonds. The van der Waals surface area contributed by atoms with Crippen LogP contribution in [0.2, 0.25) is 5.02 Å². The second-order valence-corrected chi connectivity index (χ2v) is 8.65. The zero-order valence-corrected chi connectivity index (χ0v) is 18.4. The Kier molecular flexibility index (Phi) is 5.58. The number of benzene rings is 2. The van der Waals surface area contributed by atoms with Crippen LogP contribution in [0.25, 0.3) is 0 Å². The number of carbonyl (C=O) groups is 1. The second-order valence-electron chi connectivity index (χ2n) is 8.22. The van der Waals surface area contributed by atoms with Crippen LogP contribution in [-0.2, 0) is 0 Å². The summed E-state index contributed by atoms with van der Waals surface area (Å²) in [6, 6.07) is 15.3. The summed E-state index contributed by atoms with van der Waals surface area (Å²) in [5.41, 5.74) is 2.37. The van der Waals surface area contributed by atoms with E-state index in [0.29, 0.717) is 11.6 Å². The van der Waals surface area contributed by atoms with Crippen molar-refractivity contribution in [2.45, 2.75) is 38.8 Å². The summed E-state index contributed by atoms with van der Waals surface area (Å²) in [6.45, 7) is 6.23. The summed E-state index contributed by atoms with van der Waals surface area (Å²) >= 11 is 6.33. The molecule has 0 saturated heterocycles. The van der Waals surface area contributed by atoms with Crippen LogP contribution in [0, 0.1) is 6.92 Å². The van der Waals surface area contributed by atoms with Crippen molar-refractivity contribution < 1.29 is 9.90 Å². The van der Waals surface area contributed by atoms with E-state index in [1.807, 2.05) is 63.2 Å². The summed E-state index contributed by atoms with van der Waals surface area (Å²) < 4.78 is 1.51. The van der Waals surface area contributed by atoms with E-state index in [1.54, 1.807) is 4.90 Å². The van der Waals surface area contributed by atoms with Crippen LogP contribution in [0.4, 0.5) is 0 Å². The standard InChI is InChI=1S/C24H24ClN3O3/c1-14(2)27-13-19(28-22(24(27)31)23(30)20(29)12-26-28)21(16-7-4-6-15(3)10-16)17-8-5-9-18(25)11-17/h4-12,14,19,21,30H,13H2,1-3H3.